The predicted octanol–water partition coefficient (Wildman–Crippen LogP) is 12.1. The van der Waals surface area contributed by atoms with Crippen LogP contribution in [0.4, 0.5) is 0 Å². The zero-order chi connectivity index (χ0) is 33.0. The SMILES string of the molecule is c1ccc(-c2nc(-c3cccc(-c4cccc(-c5ccc6c(c5)c5ccccc5n6-c5ccccc5)c4)c3)nc3oc4ccccc4c23)cc1. The summed E-state index contributed by atoms with van der Waals surface area (Å²) in [5, 5.41) is 4.43. The maximum absolute atomic E-state index is 6.29. The van der Waals surface area contributed by atoms with Gasteiger partial charge in [-0.3, -0.25) is 0 Å². The molecule has 4 heteroatoms. The van der Waals surface area contributed by atoms with E-state index < -0.39 is 0 Å². The van der Waals surface area contributed by atoms with Crippen molar-refractivity contribution in [1.82, 2.24) is 14.5 Å². The largest absolute Gasteiger partial charge is 0.438 e. The molecule has 4 nitrogen and oxygen atoms in total. The lowest BCUT2D eigenvalue weighted by atomic mass is 9.97. The molecule has 0 N–H and O–H groups in total. The summed E-state index contributed by atoms with van der Waals surface area (Å²) in [7, 11) is 0. The Labute approximate surface area is 288 Å². The quantitative estimate of drug-likeness (QED) is 0.188. The Kier molecular flexibility index (Phi) is 6.46. The van der Waals surface area contributed by atoms with Crippen LogP contribution in [0.2, 0.25) is 0 Å². The molecular formula is C46H29N3O. The maximum atomic E-state index is 6.29. The van der Waals surface area contributed by atoms with Crippen LogP contribution < -0.4 is 0 Å². The van der Waals surface area contributed by atoms with Gasteiger partial charge in [0.1, 0.15) is 5.58 Å². The standard InChI is InChI=1S/C46H29N3O/c1-3-13-30(14-4-1)44-43-38-22-8-10-24-42(38)50-46(43)48-45(47-44)35-18-12-17-33(28-35)31-15-11-16-32(27-31)34-25-26-41-39(29-34)37-21-7-9-23-40(37)49(41)36-19-5-2-6-20-36/h1-29H. The summed E-state index contributed by atoms with van der Waals surface area (Å²) < 4.78 is 8.64. The van der Waals surface area contributed by atoms with Gasteiger partial charge < -0.3 is 8.98 Å². The minimum atomic E-state index is 0.589. The van der Waals surface area contributed by atoms with Crippen LogP contribution in [0.1, 0.15) is 0 Å². The highest BCUT2D eigenvalue weighted by atomic mass is 16.3. The Morgan fingerprint density at radius 3 is 1.76 bits per heavy atom. The first-order valence-corrected chi connectivity index (χ1v) is 16.8. The van der Waals surface area contributed by atoms with Gasteiger partial charge in [0.25, 0.3) is 0 Å². The fraction of sp³-hybridized carbons (Fsp3) is 0. The Hall–Kier alpha value is -6.78. The molecule has 0 bridgehead atoms. The molecule has 3 heterocycles. The first kappa shape index (κ1) is 28.3. The molecule has 0 unspecified atom stereocenters. The van der Waals surface area contributed by atoms with E-state index in [0.717, 1.165) is 55.6 Å². The van der Waals surface area contributed by atoms with E-state index in [9.17, 15) is 0 Å². The molecule has 0 aliphatic heterocycles. The summed E-state index contributed by atoms with van der Waals surface area (Å²) in [6.07, 6.45) is 0. The summed E-state index contributed by atoms with van der Waals surface area (Å²) in [6, 6.07) is 61.6. The molecular weight excluding hydrogens is 611 g/mol. The van der Waals surface area contributed by atoms with Crippen molar-refractivity contribution >= 4 is 43.9 Å². The van der Waals surface area contributed by atoms with Crippen LogP contribution in [0, 0.1) is 0 Å². The third kappa shape index (κ3) is 4.61. The summed E-state index contributed by atoms with van der Waals surface area (Å²) in [5.74, 6) is 0.633. The molecule has 234 valence electrons. The van der Waals surface area contributed by atoms with Crippen LogP contribution in [0.25, 0.3) is 94.5 Å². The van der Waals surface area contributed by atoms with E-state index in [1.165, 1.54) is 27.4 Å². The second kappa shape index (κ2) is 11.4. The molecule has 0 fully saturated rings. The molecule has 50 heavy (non-hydrogen) atoms. The van der Waals surface area contributed by atoms with E-state index >= 15 is 0 Å². The number of rotatable bonds is 5. The molecule has 0 radical (unpaired) electrons. The van der Waals surface area contributed by atoms with E-state index in [0.29, 0.717) is 11.5 Å². The van der Waals surface area contributed by atoms with E-state index in [4.69, 9.17) is 14.4 Å². The van der Waals surface area contributed by atoms with Crippen LogP contribution in [0.3, 0.4) is 0 Å². The van der Waals surface area contributed by atoms with Crippen molar-refractivity contribution in [2.45, 2.75) is 0 Å². The smallest absolute Gasteiger partial charge is 0.231 e. The fourth-order valence-corrected chi connectivity index (χ4v) is 7.28. The van der Waals surface area contributed by atoms with Crippen LogP contribution in [-0.4, -0.2) is 14.5 Å². The topological polar surface area (TPSA) is 43.9 Å². The van der Waals surface area contributed by atoms with Gasteiger partial charge in [-0.2, -0.15) is 4.98 Å². The lowest BCUT2D eigenvalue weighted by Crippen LogP contribution is -1.94. The zero-order valence-corrected chi connectivity index (χ0v) is 27.0. The first-order valence-electron chi connectivity index (χ1n) is 16.8. The average Bonchev–Trinajstić information content (AvgIpc) is 3.74. The Balaban J connectivity index is 1.07. The molecule has 0 amide bonds. The highest BCUT2D eigenvalue weighted by molar-refractivity contribution is 6.11. The van der Waals surface area contributed by atoms with Crippen molar-refractivity contribution in [2.75, 3.05) is 0 Å². The Bertz CT molecular complexity index is 2870. The number of aromatic nitrogens is 3. The molecule has 10 aromatic rings. The van der Waals surface area contributed by atoms with Gasteiger partial charge in [-0.1, -0.05) is 127 Å². The van der Waals surface area contributed by atoms with Crippen molar-refractivity contribution in [2.24, 2.45) is 0 Å². The predicted molar refractivity (Wildman–Crippen MR) is 205 cm³/mol. The van der Waals surface area contributed by atoms with Crippen LogP contribution in [0.5, 0.6) is 0 Å². The maximum Gasteiger partial charge on any atom is 0.231 e. The number of nitrogens with zero attached hydrogens (tertiary/aromatic N) is 3. The van der Waals surface area contributed by atoms with E-state index in [1.807, 2.05) is 36.4 Å². The average molecular weight is 640 g/mol. The second-order valence-corrected chi connectivity index (χ2v) is 12.6. The summed E-state index contributed by atoms with van der Waals surface area (Å²) >= 11 is 0. The molecule has 10 rings (SSSR count). The van der Waals surface area contributed by atoms with Crippen LogP contribution in [0.15, 0.2) is 180 Å². The number of hydrogen-bond acceptors (Lipinski definition) is 3. The number of para-hydroxylation sites is 3. The van der Waals surface area contributed by atoms with Crippen molar-refractivity contribution in [3.63, 3.8) is 0 Å². The number of fused-ring (bicyclic) bond motifs is 6. The van der Waals surface area contributed by atoms with Gasteiger partial charge in [0.05, 0.1) is 22.1 Å². The van der Waals surface area contributed by atoms with Crippen molar-refractivity contribution < 1.29 is 4.42 Å². The highest BCUT2D eigenvalue weighted by Crippen LogP contribution is 2.38. The van der Waals surface area contributed by atoms with Gasteiger partial charge in [-0.25, -0.2) is 4.98 Å². The molecule has 7 aromatic carbocycles. The normalized spacial score (nSPS) is 11.6. The zero-order valence-electron chi connectivity index (χ0n) is 27.0. The highest BCUT2D eigenvalue weighted by Gasteiger charge is 2.18. The first-order chi connectivity index (χ1) is 24.8. The molecule has 0 atom stereocenters. The molecule has 0 saturated heterocycles. The van der Waals surface area contributed by atoms with Crippen molar-refractivity contribution in [1.29, 1.82) is 0 Å². The molecule has 0 aliphatic carbocycles. The second-order valence-electron chi connectivity index (χ2n) is 12.6. The third-order valence-corrected chi connectivity index (χ3v) is 9.62. The molecule has 0 saturated carbocycles. The Morgan fingerprint density at radius 2 is 0.980 bits per heavy atom. The van der Waals surface area contributed by atoms with Gasteiger partial charge in [0.2, 0.25) is 5.71 Å². The van der Waals surface area contributed by atoms with Gasteiger partial charge in [0.15, 0.2) is 5.82 Å². The molecule has 3 aromatic heterocycles. The fourth-order valence-electron chi connectivity index (χ4n) is 7.28. The summed E-state index contributed by atoms with van der Waals surface area (Å²) in [5.41, 5.74) is 12.4. The number of benzene rings is 7. The minimum absolute atomic E-state index is 0.589. The number of furan rings is 1. The molecule has 0 aliphatic rings. The van der Waals surface area contributed by atoms with Crippen molar-refractivity contribution in [3.05, 3.63) is 176 Å². The minimum Gasteiger partial charge on any atom is -0.438 e. The summed E-state index contributed by atoms with van der Waals surface area (Å²) in [4.78, 5) is 10.1. The monoisotopic (exact) mass is 639 g/mol. The molecule has 0 spiro atoms. The van der Waals surface area contributed by atoms with E-state index in [1.54, 1.807) is 0 Å². The lowest BCUT2D eigenvalue weighted by Gasteiger charge is -2.10. The summed E-state index contributed by atoms with van der Waals surface area (Å²) in [6.45, 7) is 0. The van der Waals surface area contributed by atoms with E-state index in [2.05, 4.69) is 144 Å². The van der Waals surface area contributed by atoms with Crippen molar-refractivity contribution in [3.8, 4) is 50.6 Å². The van der Waals surface area contributed by atoms with Crippen LogP contribution >= 0.6 is 0 Å². The van der Waals surface area contributed by atoms with Crippen LogP contribution in [-0.2, 0) is 0 Å². The van der Waals surface area contributed by atoms with Gasteiger partial charge in [0, 0.05) is 33.0 Å². The number of hydrogen-bond donors (Lipinski definition) is 0. The third-order valence-electron chi connectivity index (χ3n) is 9.62. The van der Waals surface area contributed by atoms with Gasteiger partial charge >= 0.3 is 0 Å². The Morgan fingerprint density at radius 1 is 0.400 bits per heavy atom. The van der Waals surface area contributed by atoms with E-state index in [-0.39, 0.29) is 0 Å². The van der Waals surface area contributed by atoms with Gasteiger partial charge in [-0.05, 0) is 70.8 Å². The van der Waals surface area contributed by atoms with Gasteiger partial charge in [-0.15, -0.1) is 0 Å². The lowest BCUT2D eigenvalue weighted by molar-refractivity contribution is 0.653.